The Balaban J connectivity index is 1.60. The zero-order valence-electron chi connectivity index (χ0n) is 17.1. The maximum atomic E-state index is 13.2. The molecule has 31 heavy (non-hydrogen) atoms. The molecular weight excluding hydrogens is 406 g/mol. The number of hydrogen-bond donors (Lipinski definition) is 5. The fraction of sp³-hybridized carbons (Fsp3) is 0.550. The molecule has 1 aliphatic heterocycles. The minimum atomic E-state index is -2.90. The van der Waals surface area contributed by atoms with Gasteiger partial charge in [-0.15, -0.1) is 0 Å². The van der Waals surface area contributed by atoms with Crippen LogP contribution in [0.4, 0.5) is 31.9 Å². The van der Waals surface area contributed by atoms with Gasteiger partial charge in [-0.25, -0.2) is 23.7 Å². The number of nitrogens with zero attached hydrogens (tertiary/aromatic N) is 4. The number of hydrogen-bond acceptors (Lipinski definition) is 9. The van der Waals surface area contributed by atoms with Crippen LogP contribution in [0.1, 0.15) is 42.7 Å². The van der Waals surface area contributed by atoms with Crippen molar-refractivity contribution in [3.05, 3.63) is 29.7 Å². The summed E-state index contributed by atoms with van der Waals surface area (Å²) >= 11 is 0. The number of nitrogen functional groups attached to an aromatic ring is 2. The summed E-state index contributed by atoms with van der Waals surface area (Å²) in [6, 6.07) is 2.07. The van der Waals surface area contributed by atoms with E-state index in [-0.39, 0.29) is 18.1 Å². The fourth-order valence-electron chi connectivity index (χ4n) is 4.09. The van der Waals surface area contributed by atoms with Crippen molar-refractivity contribution in [1.29, 1.82) is 0 Å². The number of nitrogens with two attached hydrogens (primary N) is 3. The number of rotatable bonds is 7. The average molecular weight is 434 g/mol. The van der Waals surface area contributed by atoms with Crippen molar-refractivity contribution in [3.8, 4) is 0 Å². The zero-order valence-corrected chi connectivity index (χ0v) is 17.1. The van der Waals surface area contributed by atoms with Gasteiger partial charge in [-0.3, -0.25) is 0 Å². The van der Waals surface area contributed by atoms with Crippen molar-refractivity contribution in [1.82, 2.24) is 15.0 Å². The van der Waals surface area contributed by atoms with Crippen LogP contribution < -0.4 is 27.4 Å². The van der Waals surface area contributed by atoms with E-state index in [1.807, 2.05) is 11.1 Å². The summed E-state index contributed by atoms with van der Waals surface area (Å²) in [5.74, 6) is 1.74. The van der Waals surface area contributed by atoms with Gasteiger partial charge in [0.15, 0.2) is 11.6 Å². The van der Waals surface area contributed by atoms with Crippen molar-refractivity contribution < 1.29 is 13.9 Å². The summed E-state index contributed by atoms with van der Waals surface area (Å²) < 4.78 is 26.4. The van der Waals surface area contributed by atoms with Gasteiger partial charge in [0.1, 0.15) is 23.9 Å². The Bertz CT molecular complexity index is 941. The second-order valence-electron chi connectivity index (χ2n) is 8.44. The van der Waals surface area contributed by atoms with Crippen molar-refractivity contribution in [3.63, 3.8) is 0 Å². The van der Waals surface area contributed by atoms with Gasteiger partial charge in [0.05, 0.1) is 5.54 Å². The Labute approximate surface area is 179 Å². The highest BCUT2D eigenvalue weighted by atomic mass is 19.3. The molecule has 0 spiro atoms. The fourth-order valence-corrected chi connectivity index (χ4v) is 4.09. The second kappa shape index (κ2) is 8.39. The molecule has 1 saturated carbocycles. The largest absolute Gasteiger partial charge is 0.393 e. The van der Waals surface area contributed by atoms with Crippen LogP contribution in [0.2, 0.25) is 0 Å². The van der Waals surface area contributed by atoms with Crippen LogP contribution in [-0.4, -0.2) is 51.2 Å². The standard InChI is InChI=1S/C20H28F2N8O/c21-16(22)15(31)20(25)4-1-5-30(9-20)19-13(6-12(7-27-19)11-2-3-11)8-26-18-14(23)17(24)28-10-29-18/h6-7,10-11,15-16,31H,1-5,8-9,23,25H2,(H3,24,26,28,29)/t15-,20-/m1/s1. The van der Waals surface area contributed by atoms with Crippen LogP contribution in [0.25, 0.3) is 0 Å². The number of aliphatic hydroxyl groups is 1. The van der Waals surface area contributed by atoms with Crippen molar-refractivity contribution in [2.45, 2.75) is 56.2 Å². The molecule has 1 saturated heterocycles. The third-order valence-electron chi connectivity index (χ3n) is 6.06. The number of anilines is 4. The van der Waals surface area contributed by atoms with E-state index in [0.717, 1.165) is 24.0 Å². The Morgan fingerprint density at radius 2 is 2.03 bits per heavy atom. The Kier molecular flexibility index (Phi) is 5.80. The Morgan fingerprint density at radius 1 is 1.26 bits per heavy atom. The molecule has 0 amide bonds. The van der Waals surface area contributed by atoms with Gasteiger partial charge in [0, 0.05) is 31.4 Å². The molecule has 2 aromatic rings. The summed E-state index contributed by atoms with van der Waals surface area (Å²) in [4.78, 5) is 14.5. The molecule has 0 unspecified atom stereocenters. The Hall–Kier alpha value is -2.79. The molecule has 11 heteroatoms. The minimum Gasteiger partial charge on any atom is -0.393 e. The van der Waals surface area contributed by atoms with E-state index in [1.54, 1.807) is 0 Å². The first-order valence-electron chi connectivity index (χ1n) is 10.4. The molecule has 9 nitrogen and oxygen atoms in total. The minimum absolute atomic E-state index is 0.0872. The van der Waals surface area contributed by atoms with E-state index in [4.69, 9.17) is 17.2 Å². The van der Waals surface area contributed by atoms with E-state index < -0.39 is 18.1 Å². The van der Waals surface area contributed by atoms with Crippen LogP contribution in [0.3, 0.4) is 0 Å². The molecule has 3 heterocycles. The number of aliphatic hydroxyl groups excluding tert-OH is 1. The molecule has 0 aromatic carbocycles. The lowest BCUT2D eigenvalue weighted by Gasteiger charge is -2.43. The molecule has 0 radical (unpaired) electrons. The normalized spacial score (nSPS) is 22.5. The van der Waals surface area contributed by atoms with Crippen LogP contribution in [-0.2, 0) is 6.54 Å². The summed E-state index contributed by atoms with van der Waals surface area (Å²) in [5.41, 5.74) is 18.8. The third kappa shape index (κ3) is 4.47. The summed E-state index contributed by atoms with van der Waals surface area (Å²) in [7, 11) is 0. The maximum Gasteiger partial charge on any atom is 0.265 e. The number of nitrogens with one attached hydrogen (secondary N) is 1. The van der Waals surface area contributed by atoms with Crippen LogP contribution in [0, 0.1) is 0 Å². The first-order chi connectivity index (χ1) is 14.8. The highest BCUT2D eigenvalue weighted by molar-refractivity contribution is 5.72. The van der Waals surface area contributed by atoms with Crippen molar-refractivity contribution in [2.24, 2.45) is 5.73 Å². The number of halogens is 2. The predicted molar refractivity (Wildman–Crippen MR) is 115 cm³/mol. The zero-order chi connectivity index (χ0) is 22.2. The second-order valence-corrected chi connectivity index (χ2v) is 8.44. The third-order valence-corrected chi connectivity index (χ3v) is 6.06. The van der Waals surface area contributed by atoms with Gasteiger partial charge in [-0.05, 0) is 43.2 Å². The van der Waals surface area contributed by atoms with Crippen LogP contribution in [0.5, 0.6) is 0 Å². The summed E-state index contributed by atoms with van der Waals surface area (Å²) in [6.45, 7) is 1.05. The molecule has 2 fully saturated rings. The monoisotopic (exact) mass is 434 g/mol. The molecule has 0 bridgehead atoms. The van der Waals surface area contributed by atoms with E-state index in [9.17, 15) is 13.9 Å². The van der Waals surface area contributed by atoms with Crippen molar-refractivity contribution in [2.75, 3.05) is 34.8 Å². The highest BCUT2D eigenvalue weighted by Crippen LogP contribution is 2.41. The average Bonchev–Trinajstić information content (AvgIpc) is 3.59. The smallest absolute Gasteiger partial charge is 0.265 e. The van der Waals surface area contributed by atoms with Gasteiger partial charge in [-0.2, -0.15) is 0 Å². The number of alkyl halides is 2. The molecule has 2 atom stereocenters. The topological polar surface area (TPSA) is 152 Å². The lowest BCUT2D eigenvalue weighted by molar-refractivity contribution is -0.0529. The van der Waals surface area contributed by atoms with Crippen molar-refractivity contribution >= 4 is 23.1 Å². The summed E-state index contributed by atoms with van der Waals surface area (Å²) in [6.07, 6.45) is 1.51. The molecule has 4 rings (SSSR count). The molecule has 1 aliphatic carbocycles. The number of aromatic nitrogens is 3. The molecular formula is C20H28F2N8O. The van der Waals surface area contributed by atoms with E-state index in [0.29, 0.717) is 43.5 Å². The SMILES string of the molecule is Nc1ncnc(NCc2cc(C3CC3)cnc2N2CCC[C@](N)([C@H](O)C(F)F)C2)c1N. The molecule has 2 aliphatic rings. The van der Waals surface area contributed by atoms with Crippen LogP contribution in [0.15, 0.2) is 18.6 Å². The Morgan fingerprint density at radius 3 is 2.74 bits per heavy atom. The quantitative estimate of drug-likeness (QED) is 0.436. The lowest BCUT2D eigenvalue weighted by Crippen LogP contribution is -2.63. The van der Waals surface area contributed by atoms with Gasteiger partial charge in [0.2, 0.25) is 0 Å². The molecule has 168 valence electrons. The van der Waals surface area contributed by atoms with Crippen LogP contribution >= 0.6 is 0 Å². The van der Waals surface area contributed by atoms with Gasteiger partial charge < -0.3 is 32.5 Å². The molecule has 8 N–H and O–H groups in total. The highest BCUT2D eigenvalue weighted by Gasteiger charge is 2.43. The number of piperidine rings is 1. The van der Waals surface area contributed by atoms with E-state index in [1.165, 1.54) is 6.33 Å². The molecule has 2 aromatic heterocycles. The predicted octanol–water partition coefficient (Wildman–Crippen LogP) is 1.45. The van der Waals surface area contributed by atoms with Gasteiger partial charge >= 0.3 is 0 Å². The van der Waals surface area contributed by atoms with E-state index in [2.05, 4.69) is 26.3 Å². The van der Waals surface area contributed by atoms with Gasteiger partial charge in [0.25, 0.3) is 6.43 Å². The maximum absolute atomic E-state index is 13.2. The van der Waals surface area contributed by atoms with E-state index >= 15 is 0 Å². The summed E-state index contributed by atoms with van der Waals surface area (Å²) in [5, 5.41) is 13.2. The first kappa shape index (κ1) is 21.4. The lowest BCUT2D eigenvalue weighted by atomic mass is 9.84. The number of pyridine rings is 1. The van der Waals surface area contributed by atoms with Gasteiger partial charge in [-0.1, -0.05) is 0 Å². The first-order valence-corrected chi connectivity index (χ1v) is 10.4.